The SMILES string of the molecule is Cc1cc(-c2ccc3cc(-c4ccccc4)oc3n2)cc(C(C)(C)C)c1. The minimum Gasteiger partial charge on any atom is -0.438 e. The highest BCUT2D eigenvalue weighted by atomic mass is 16.3. The van der Waals surface area contributed by atoms with Gasteiger partial charge in [0.25, 0.3) is 0 Å². The van der Waals surface area contributed by atoms with Crippen LogP contribution in [0.4, 0.5) is 0 Å². The zero-order valence-corrected chi connectivity index (χ0v) is 15.7. The highest BCUT2D eigenvalue weighted by Crippen LogP contribution is 2.31. The van der Waals surface area contributed by atoms with E-state index < -0.39 is 0 Å². The lowest BCUT2D eigenvalue weighted by Crippen LogP contribution is -2.11. The van der Waals surface area contributed by atoms with Gasteiger partial charge in [-0.25, -0.2) is 4.98 Å². The zero-order chi connectivity index (χ0) is 18.3. The summed E-state index contributed by atoms with van der Waals surface area (Å²) in [6.45, 7) is 8.85. The number of rotatable bonds is 2. The number of hydrogen-bond donors (Lipinski definition) is 0. The van der Waals surface area contributed by atoms with Gasteiger partial charge in [0.2, 0.25) is 5.71 Å². The summed E-state index contributed by atoms with van der Waals surface area (Å²) in [6, 6.07) is 23.0. The summed E-state index contributed by atoms with van der Waals surface area (Å²) in [5, 5.41) is 1.02. The Morgan fingerprint density at radius 1 is 0.808 bits per heavy atom. The highest BCUT2D eigenvalue weighted by Gasteiger charge is 2.16. The lowest BCUT2D eigenvalue weighted by atomic mass is 9.85. The Hall–Kier alpha value is -2.87. The third kappa shape index (κ3) is 3.15. The minimum absolute atomic E-state index is 0.107. The monoisotopic (exact) mass is 341 g/mol. The second kappa shape index (κ2) is 6.14. The summed E-state index contributed by atoms with van der Waals surface area (Å²) >= 11 is 0. The Morgan fingerprint density at radius 3 is 2.31 bits per heavy atom. The van der Waals surface area contributed by atoms with Crippen LogP contribution in [0.3, 0.4) is 0 Å². The Labute approximate surface area is 154 Å². The van der Waals surface area contributed by atoms with E-state index in [0.29, 0.717) is 5.71 Å². The van der Waals surface area contributed by atoms with E-state index in [1.165, 1.54) is 11.1 Å². The molecule has 4 aromatic rings. The quantitative estimate of drug-likeness (QED) is 0.402. The number of pyridine rings is 1. The van der Waals surface area contributed by atoms with Crippen LogP contribution in [0.15, 0.2) is 71.1 Å². The van der Waals surface area contributed by atoms with E-state index >= 15 is 0 Å². The number of aromatic nitrogens is 1. The van der Waals surface area contributed by atoms with E-state index in [0.717, 1.165) is 28.0 Å². The molecule has 4 rings (SSSR count). The third-order valence-electron chi connectivity index (χ3n) is 4.68. The van der Waals surface area contributed by atoms with Gasteiger partial charge in [-0.2, -0.15) is 0 Å². The molecule has 2 heteroatoms. The molecule has 2 nitrogen and oxygen atoms in total. The van der Waals surface area contributed by atoms with Crippen molar-refractivity contribution in [2.75, 3.05) is 0 Å². The molecule has 130 valence electrons. The molecule has 2 aromatic heterocycles. The molecule has 0 unspecified atom stereocenters. The lowest BCUT2D eigenvalue weighted by molar-refractivity contribution is 0.590. The number of aryl methyl sites for hydroxylation is 1. The maximum absolute atomic E-state index is 6.03. The third-order valence-corrected chi connectivity index (χ3v) is 4.68. The van der Waals surface area contributed by atoms with E-state index in [-0.39, 0.29) is 5.41 Å². The lowest BCUT2D eigenvalue weighted by Gasteiger charge is -2.20. The molecule has 0 spiro atoms. The molecule has 0 aliphatic rings. The Balaban J connectivity index is 1.80. The van der Waals surface area contributed by atoms with Gasteiger partial charge in [0.15, 0.2) is 0 Å². The average Bonchev–Trinajstić information content (AvgIpc) is 3.04. The smallest absolute Gasteiger partial charge is 0.227 e. The summed E-state index contributed by atoms with van der Waals surface area (Å²) in [5.41, 5.74) is 6.50. The first-order valence-electron chi connectivity index (χ1n) is 8.99. The molecule has 0 atom stereocenters. The van der Waals surface area contributed by atoms with Gasteiger partial charge in [-0.1, -0.05) is 62.7 Å². The van der Waals surface area contributed by atoms with Crippen molar-refractivity contribution in [1.82, 2.24) is 4.98 Å². The summed E-state index contributed by atoms with van der Waals surface area (Å²) < 4.78 is 6.03. The summed E-state index contributed by atoms with van der Waals surface area (Å²) in [4.78, 5) is 4.79. The Morgan fingerprint density at radius 2 is 1.58 bits per heavy atom. The molecule has 26 heavy (non-hydrogen) atoms. The van der Waals surface area contributed by atoms with E-state index in [9.17, 15) is 0 Å². The fraction of sp³-hybridized carbons (Fsp3) is 0.208. The summed E-state index contributed by atoms with van der Waals surface area (Å²) in [7, 11) is 0. The topological polar surface area (TPSA) is 26.0 Å². The first-order chi connectivity index (χ1) is 12.4. The Kier molecular flexibility index (Phi) is 3.91. The molecule has 0 radical (unpaired) electrons. The molecule has 2 aromatic carbocycles. The van der Waals surface area contributed by atoms with Gasteiger partial charge < -0.3 is 4.42 Å². The molecule has 0 N–H and O–H groups in total. The molecule has 2 heterocycles. The number of nitrogens with zero attached hydrogens (tertiary/aromatic N) is 1. The molecular weight excluding hydrogens is 318 g/mol. The average molecular weight is 341 g/mol. The molecule has 0 aliphatic heterocycles. The predicted octanol–water partition coefficient (Wildman–Crippen LogP) is 6.77. The largest absolute Gasteiger partial charge is 0.438 e. The van der Waals surface area contributed by atoms with Crippen molar-refractivity contribution in [2.24, 2.45) is 0 Å². The highest BCUT2D eigenvalue weighted by molar-refractivity contribution is 5.82. The predicted molar refractivity (Wildman–Crippen MR) is 108 cm³/mol. The minimum atomic E-state index is 0.107. The molecule has 0 saturated heterocycles. The fourth-order valence-corrected chi connectivity index (χ4v) is 3.19. The number of furan rings is 1. The van der Waals surface area contributed by atoms with E-state index in [1.807, 2.05) is 18.2 Å². The van der Waals surface area contributed by atoms with Crippen LogP contribution in [0.1, 0.15) is 31.9 Å². The van der Waals surface area contributed by atoms with Crippen LogP contribution in [0.5, 0.6) is 0 Å². The molecule has 0 saturated carbocycles. The van der Waals surface area contributed by atoms with Crippen LogP contribution in [-0.2, 0) is 5.41 Å². The van der Waals surface area contributed by atoms with Crippen LogP contribution in [-0.4, -0.2) is 4.98 Å². The maximum Gasteiger partial charge on any atom is 0.227 e. The van der Waals surface area contributed by atoms with Gasteiger partial charge in [-0.05, 0) is 48.2 Å². The van der Waals surface area contributed by atoms with Crippen molar-refractivity contribution < 1.29 is 4.42 Å². The number of hydrogen-bond acceptors (Lipinski definition) is 2. The van der Waals surface area contributed by atoms with E-state index in [2.05, 4.69) is 76.2 Å². The molecule has 0 aliphatic carbocycles. The van der Waals surface area contributed by atoms with Crippen molar-refractivity contribution in [1.29, 1.82) is 0 Å². The van der Waals surface area contributed by atoms with Crippen molar-refractivity contribution in [3.8, 4) is 22.6 Å². The van der Waals surface area contributed by atoms with Crippen LogP contribution in [0.25, 0.3) is 33.7 Å². The molecule has 0 bridgehead atoms. The van der Waals surface area contributed by atoms with Crippen molar-refractivity contribution in [3.63, 3.8) is 0 Å². The normalized spacial score (nSPS) is 11.8. The van der Waals surface area contributed by atoms with Crippen LogP contribution in [0.2, 0.25) is 0 Å². The van der Waals surface area contributed by atoms with Crippen LogP contribution < -0.4 is 0 Å². The maximum atomic E-state index is 6.03. The van der Waals surface area contributed by atoms with Gasteiger partial charge in [0.1, 0.15) is 5.76 Å². The van der Waals surface area contributed by atoms with Gasteiger partial charge in [0, 0.05) is 16.5 Å². The van der Waals surface area contributed by atoms with Crippen molar-refractivity contribution >= 4 is 11.1 Å². The van der Waals surface area contributed by atoms with Crippen molar-refractivity contribution in [2.45, 2.75) is 33.1 Å². The Bertz CT molecular complexity index is 1070. The van der Waals surface area contributed by atoms with Gasteiger partial charge in [0.05, 0.1) is 5.69 Å². The van der Waals surface area contributed by atoms with Crippen LogP contribution >= 0.6 is 0 Å². The number of fused-ring (bicyclic) bond motifs is 1. The summed E-state index contributed by atoms with van der Waals surface area (Å²) in [6.07, 6.45) is 0. The first-order valence-corrected chi connectivity index (χ1v) is 8.99. The summed E-state index contributed by atoms with van der Waals surface area (Å²) in [5.74, 6) is 0.852. The van der Waals surface area contributed by atoms with Gasteiger partial charge in [-0.15, -0.1) is 0 Å². The van der Waals surface area contributed by atoms with E-state index in [1.54, 1.807) is 0 Å². The molecule has 0 amide bonds. The fourth-order valence-electron chi connectivity index (χ4n) is 3.19. The van der Waals surface area contributed by atoms with Gasteiger partial charge >= 0.3 is 0 Å². The number of benzene rings is 2. The van der Waals surface area contributed by atoms with E-state index in [4.69, 9.17) is 9.40 Å². The van der Waals surface area contributed by atoms with Crippen molar-refractivity contribution in [3.05, 3.63) is 77.9 Å². The second-order valence-electron chi connectivity index (χ2n) is 7.91. The molecule has 0 fully saturated rings. The first kappa shape index (κ1) is 16.6. The second-order valence-corrected chi connectivity index (χ2v) is 7.91. The zero-order valence-electron chi connectivity index (χ0n) is 15.7. The van der Waals surface area contributed by atoms with Gasteiger partial charge in [-0.3, -0.25) is 0 Å². The van der Waals surface area contributed by atoms with Crippen LogP contribution in [0, 0.1) is 6.92 Å². The standard InChI is InChI=1S/C24H23NO/c1-16-12-19(14-20(13-16)24(2,3)4)21-11-10-18-15-22(26-23(18)25-21)17-8-6-5-7-9-17/h5-15H,1-4H3. The molecular formula is C24H23NO.